The highest BCUT2D eigenvalue weighted by Crippen LogP contribution is 2.25. The number of hydrogen-bond acceptors (Lipinski definition) is 4. The summed E-state index contributed by atoms with van der Waals surface area (Å²) in [6, 6.07) is 14.7. The summed E-state index contributed by atoms with van der Waals surface area (Å²) in [7, 11) is 0. The van der Waals surface area contributed by atoms with E-state index in [1.807, 2.05) is 30.3 Å². The Morgan fingerprint density at radius 2 is 1.96 bits per heavy atom. The number of hydrogen-bond donors (Lipinski definition) is 1. The van der Waals surface area contributed by atoms with Gasteiger partial charge in [-0.3, -0.25) is 4.79 Å². The third kappa shape index (κ3) is 4.62. The van der Waals surface area contributed by atoms with Crippen LogP contribution in [0.2, 0.25) is 0 Å². The van der Waals surface area contributed by atoms with E-state index in [4.69, 9.17) is 16.4 Å². The molecule has 0 aliphatic heterocycles. The fourth-order valence-electron chi connectivity index (χ4n) is 2.39. The third-order valence-corrected chi connectivity index (χ3v) is 3.76. The van der Waals surface area contributed by atoms with E-state index in [2.05, 4.69) is 25.1 Å². The number of nitrogens with one attached hydrogen (secondary N) is 1. The molecule has 4 heteroatoms. The Morgan fingerprint density at radius 3 is 2.56 bits per heavy atom. The zero-order valence-corrected chi connectivity index (χ0v) is 14.4. The molecule has 0 unspecified atom stereocenters. The normalized spacial score (nSPS) is 9.96. The Bertz CT molecular complexity index is 824. The van der Waals surface area contributed by atoms with Gasteiger partial charge in [0.05, 0.1) is 6.07 Å². The zero-order chi connectivity index (χ0) is 18.2. The van der Waals surface area contributed by atoms with E-state index in [1.165, 1.54) is 5.56 Å². The fourth-order valence-corrected chi connectivity index (χ4v) is 2.39. The van der Waals surface area contributed by atoms with Crippen molar-refractivity contribution < 1.29 is 9.53 Å². The Labute approximate surface area is 148 Å². The second-order valence-electron chi connectivity index (χ2n) is 5.82. The minimum Gasteiger partial charge on any atom is -0.481 e. The van der Waals surface area contributed by atoms with Gasteiger partial charge in [-0.15, -0.1) is 6.42 Å². The molecule has 0 fully saturated rings. The van der Waals surface area contributed by atoms with Gasteiger partial charge in [-0.25, -0.2) is 0 Å². The number of benzene rings is 2. The van der Waals surface area contributed by atoms with Crippen LogP contribution >= 0.6 is 0 Å². The van der Waals surface area contributed by atoms with Gasteiger partial charge in [0, 0.05) is 16.8 Å². The average molecular weight is 332 g/mol. The summed E-state index contributed by atoms with van der Waals surface area (Å²) in [6.07, 6.45) is 5.21. The van der Waals surface area contributed by atoms with E-state index in [1.54, 1.807) is 18.2 Å². The molecule has 0 aromatic heterocycles. The van der Waals surface area contributed by atoms with E-state index in [0.29, 0.717) is 28.5 Å². The zero-order valence-electron chi connectivity index (χ0n) is 14.4. The summed E-state index contributed by atoms with van der Waals surface area (Å²) in [5.41, 5.74) is 2.79. The molecule has 0 bridgehead atoms. The smallest absolute Gasteiger partial charge is 0.195 e. The van der Waals surface area contributed by atoms with E-state index in [0.717, 1.165) is 0 Å². The van der Waals surface area contributed by atoms with Crippen LogP contribution in [0, 0.1) is 23.7 Å². The van der Waals surface area contributed by atoms with Gasteiger partial charge in [0.2, 0.25) is 0 Å². The number of carbonyl (C=O) groups is 1. The molecule has 2 aromatic carbocycles. The number of rotatable bonds is 7. The molecule has 4 nitrogen and oxygen atoms in total. The van der Waals surface area contributed by atoms with Crippen molar-refractivity contribution in [2.75, 3.05) is 18.5 Å². The second kappa shape index (κ2) is 8.57. The summed E-state index contributed by atoms with van der Waals surface area (Å²) in [6.45, 7) is 4.44. The monoisotopic (exact) mass is 332 g/mol. The highest BCUT2D eigenvalue weighted by molar-refractivity contribution is 6.12. The topological polar surface area (TPSA) is 62.1 Å². The Morgan fingerprint density at radius 1 is 1.24 bits per heavy atom. The van der Waals surface area contributed by atoms with E-state index >= 15 is 0 Å². The molecule has 0 aliphatic rings. The van der Waals surface area contributed by atoms with Crippen molar-refractivity contribution in [1.29, 1.82) is 5.26 Å². The predicted molar refractivity (Wildman–Crippen MR) is 98.8 cm³/mol. The summed E-state index contributed by atoms with van der Waals surface area (Å²) < 4.78 is 5.41. The SMILES string of the molecule is C#CCOc1ccc(NCC#N)c(C(=O)c2ccc(C(C)C)cc2)c1. The number of terminal acetylenes is 1. The quantitative estimate of drug-likeness (QED) is 0.473. The van der Waals surface area contributed by atoms with Crippen molar-refractivity contribution in [3.05, 3.63) is 59.2 Å². The van der Waals surface area contributed by atoms with Crippen LogP contribution in [0.25, 0.3) is 0 Å². The molecule has 0 saturated carbocycles. The summed E-state index contributed by atoms with van der Waals surface area (Å²) in [4.78, 5) is 12.9. The first-order chi connectivity index (χ1) is 12.1. The van der Waals surface area contributed by atoms with Gasteiger partial charge in [0.15, 0.2) is 5.78 Å². The average Bonchev–Trinajstić information content (AvgIpc) is 2.64. The minimum absolute atomic E-state index is 0.108. The maximum atomic E-state index is 12.9. The van der Waals surface area contributed by atoms with Crippen LogP contribution in [0.15, 0.2) is 42.5 Å². The first-order valence-corrected chi connectivity index (χ1v) is 8.02. The van der Waals surface area contributed by atoms with Gasteiger partial charge < -0.3 is 10.1 Å². The van der Waals surface area contributed by atoms with Crippen molar-refractivity contribution in [3.63, 3.8) is 0 Å². The summed E-state index contributed by atoms with van der Waals surface area (Å²) in [5.74, 6) is 3.18. The van der Waals surface area contributed by atoms with Crippen molar-refractivity contribution in [2.45, 2.75) is 19.8 Å². The van der Waals surface area contributed by atoms with E-state index in [-0.39, 0.29) is 18.9 Å². The van der Waals surface area contributed by atoms with Crippen LogP contribution in [0.3, 0.4) is 0 Å². The largest absolute Gasteiger partial charge is 0.481 e. The highest BCUT2D eigenvalue weighted by Gasteiger charge is 2.15. The lowest BCUT2D eigenvalue weighted by Gasteiger charge is -2.12. The van der Waals surface area contributed by atoms with Crippen molar-refractivity contribution in [2.24, 2.45) is 0 Å². The summed E-state index contributed by atoms with van der Waals surface area (Å²) >= 11 is 0. The molecule has 0 radical (unpaired) electrons. The molecule has 0 saturated heterocycles. The number of ether oxygens (including phenoxy) is 1. The van der Waals surface area contributed by atoms with Gasteiger partial charge in [-0.1, -0.05) is 44.0 Å². The Hall–Kier alpha value is -3.24. The van der Waals surface area contributed by atoms with Crippen LogP contribution in [-0.4, -0.2) is 18.9 Å². The molecule has 0 spiro atoms. The van der Waals surface area contributed by atoms with Crippen LogP contribution in [0.1, 0.15) is 41.3 Å². The molecule has 2 rings (SSSR count). The van der Waals surface area contributed by atoms with Crippen LogP contribution in [0.4, 0.5) is 5.69 Å². The van der Waals surface area contributed by atoms with Gasteiger partial charge in [0.25, 0.3) is 0 Å². The maximum absolute atomic E-state index is 12.9. The molecule has 0 heterocycles. The molecular formula is C21H20N2O2. The Kier molecular flexibility index (Phi) is 6.20. The number of nitriles is 1. The lowest BCUT2D eigenvalue weighted by molar-refractivity contribution is 0.103. The van der Waals surface area contributed by atoms with E-state index in [9.17, 15) is 4.79 Å². The molecule has 0 amide bonds. The minimum atomic E-state index is -0.137. The predicted octanol–water partition coefficient (Wildman–Crippen LogP) is 3.99. The van der Waals surface area contributed by atoms with Crippen LogP contribution in [0.5, 0.6) is 5.75 Å². The molecular weight excluding hydrogens is 312 g/mol. The standard InChI is InChI=1S/C21H20N2O2/c1-4-13-25-18-9-10-20(23-12-11-22)19(14-18)21(24)17-7-5-16(6-8-17)15(2)3/h1,5-10,14-15,23H,12-13H2,2-3H3. The number of nitrogens with zero attached hydrogens (tertiary/aromatic N) is 1. The first-order valence-electron chi connectivity index (χ1n) is 8.02. The van der Waals surface area contributed by atoms with Gasteiger partial charge >= 0.3 is 0 Å². The van der Waals surface area contributed by atoms with Gasteiger partial charge in [0.1, 0.15) is 18.9 Å². The molecule has 1 N–H and O–H groups in total. The third-order valence-electron chi connectivity index (χ3n) is 3.76. The van der Waals surface area contributed by atoms with Crippen molar-refractivity contribution in [3.8, 4) is 24.2 Å². The van der Waals surface area contributed by atoms with E-state index < -0.39 is 0 Å². The van der Waals surface area contributed by atoms with Crippen LogP contribution < -0.4 is 10.1 Å². The van der Waals surface area contributed by atoms with Crippen molar-refractivity contribution in [1.82, 2.24) is 0 Å². The molecule has 0 atom stereocenters. The Balaban J connectivity index is 2.37. The molecule has 0 aliphatic carbocycles. The molecule has 2 aromatic rings. The van der Waals surface area contributed by atoms with Crippen LogP contribution in [-0.2, 0) is 0 Å². The lowest BCUT2D eigenvalue weighted by atomic mass is 9.97. The molecule has 25 heavy (non-hydrogen) atoms. The molecule has 126 valence electrons. The number of ketones is 1. The lowest BCUT2D eigenvalue weighted by Crippen LogP contribution is -2.09. The fraction of sp³-hybridized carbons (Fsp3) is 0.238. The highest BCUT2D eigenvalue weighted by atomic mass is 16.5. The number of anilines is 1. The first kappa shape index (κ1) is 18.1. The second-order valence-corrected chi connectivity index (χ2v) is 5.82. The van der Waals surface area contributed by atoms with Gasteiger partial charge in [-0.05, 0) is 29.7 Å². The van der Waals surface area contributed by atoms with Crippen molar-refractivity contribution >= 4 is 11.5 Å². The number of carbonyl (C=O) groups excluding carboxylic acids is 1. The van der Waals surface area contributed by atoms with Gasteiger partial charge in [-0.2, -0.15) is 5.26 Å². The summed E-state index contributed by atoms with van der Waals surface area (Å²) in [5, 5.41) is 11.7. The maximum Gasteiger partial charge on any atom is 0.195 e.